The van der Waals surface area contributed by atoms with E-state index in [-0.39, 0.29) is 11.8 Å². The SMILES string of the molecule is Cc1ccc(-c2cc(N3CCC(C(N)=O)CC3)ncn2)cc1Cl. The van der Waals surface area contributed by atoms with Gasteiger partial charge in [0.1, 0.15) is 12.1 Å². The van der Waals surface area contributed by atoms with Crippen molar-refractivity contribution in [2.24, 2.45) is 11.7 Å². The second-order valence-corrected chi connectivity index (χ2v) is 6.30. The molecule has 1 aliphatic heterocycles. The number of benzene rings is 1. The van der Waals surface area contributed by atoms with E-state index in [4.69, 9.17) is 17.3 Å². The van der Waals surface area contributed by atoms with Gasteiger partial charge in [0.05, 0.1) is 5.69 Å². The van der Waals surface area contributed by atoms with Gasteiger partial charge in [0, 0.05) is 35.7 Å². The van der Waals surface area contributed by atoms with Crippen molar-refractivity contribution in [3.63, 3.8) is 0 Å². The minimum atomic E-state index is -0.206. The fraction of sp³-hybridized carbons (Fsp3) is 0.353. The van der Waals surface area contributed by atoms with Crippen molar-refractivity contribution in [3.8, 4) is 11.3 Å². The van der Waals surface area contributed by atoms with Gasteiger partial charge in [0.2, 0.25) is 5.91 Å². The van der Waals surface area contributed by atoms with E-state index in [0.717, 1.165) is 53.6 Å². The highest BCUT2D eigenvalue weighted by Crippen LogP contribution is 2.27. The van der Waals surface area contributed by atoms with Gasteiger partial charge in [-0.05, 0) is 31.4 Å². The fourth-order valence-electron chi connectivity index (χ4n) is 2.82. The molecule has 1 saturated heterocycles. The average molecular weight is 331 g/mol. The molecule has 1 aromatic heterocycles. The van der Waals surface area contributed by atoms with Gasteiger partial charge in [0.15, 0.2) is 0 Å². The molecule has 0 atom stereocenters. The molecule has 3 rings (SSSR count). The number of nitrogens with zero attached hydrogens (tertiary/aromatic N) is 3. The first-order chi connectivity index (χ1) is 11.0. The van der Waals surface area contributed by atoms with Crippen LogP contribution < -0.4 is 10.6 Å². The largest absolute Gasteiger partial charge is 0.369 e. The Morgan fingerprint density at radius 2 is 2.00 bits per heavy atom. The smallest absolute Gasteiger partial charge is 0.220 e. The third kappa shape index (κ3) is 3.45. The number of primary amides is 1. The first kappa shape index (κ1) is 15.7. The Hall–Kier alpha value is -2.14. The molecule has 0 spiro atoms. The van der Waals surface area contributed by atoms with Crippen molar-refractivity contribution in [2.75, 3.05) is 18.0 Å². The number of carbonyl (C=O) groups is 1. The number of aromatic nitrogens is 2. The van der Waals surface area contributed by atoms with Gasteiger partial charge in [-0.3, -0.25) is 4.79 Å². The molecule has 0 saturated carbocycles. The minimum absolute atomic E-state index is 0.0246. The molecule has 1 fully saturated rings. The second kappa shape index (κ2) is 6.54. The lowest BCUT2D eigenvalue weighted by Crippen LogP contribution is -2.38. The predicted octanol–water partition coefficient (Wildman–Crippen LogP) is 2.81. The molecule has 2 N–H and O–H groups in total. The van der Waals surface area contributed by atoms with E-state index in [9.17, 15) is 4.79 Å². The second-order valence-electron chi connectivity index (χ2n) is 5.89. The van der Waals surface area contributed by atoms with Crippen LogP contribution in [0.5, 0.6) is 0 Å². The van der Waals surface area contributed by atoms with E-state index < -0.39 is 0 Å². The van der Waals surface area contributed by atoms with E-state index in [2.05, 4.69) is 14.9 Å². The lowest BCUT2D eigenvalue weighted by molar-refractivity contribution is -0.122. The van der Waals surface area contributed by atoms with Gasteiger partial charge in [-0.2, -0.15) is 0 Å². The van der Waals surface area contributed by atoms with E-state index in [1.54, 1.807) is 6.33 Å². The number of anilines is 1. The summed E-state index contributed by atoms with van der Waals surface area (Å²) < 4.78 is 0. The lowest BCUT2D eigenvalue weighted by atomic mass is 9.96. The van der Waals surface area contributed by atoms with Crippen LogP contribution in [0.1, 0.15) is 18.4 Å². The van der Waals surface area contributed by atoms with Gasteiger partial charge in [0.25, 0.3) is 0 Å². The van der Waals surface area contributed by atoms with Crippen LogP contribution in [0.4, 0.5) is 5.82 Å². The highest BCUT2D eigenvalue weighted by Gasteiger charge is 2.24. The summed E-state index contributed by atoms with van der Waals surface area (Å²) in [5, 5.41) is 0.727. The molecule has 120 valence electrons. The molecule has 2 aromatic rings. The van der Waals surface area contributed by atoms with Crippen molar-refractivity contribution in [1.29, 1.82) is 0 Å². The zero-order valence-corrected chi connectivity index (χ0v) is 13.8. The summed E-state index contributed by atoms with van der Waals surface area (Å²) in [5.41, 5.74) is 8.23. The molecule has 1 aliphatic rings. The summed E-state index contributed by atoms with van der Waals surface area (Å²) in [4.78, 5) is 22.1. The summed E-state index contributed by atoms with van der Waals surface area (Å²) >= 11 is 6.20. The third-order valence-corrected chi connectivity index (χ3v) is 4.75. The Kier molecular flexibility index (Phi) is 4.48. The lowest BCUT2D eigenvalue weighted by Gasteiger charge is -2.31. The van der Waals surface area contributed by atoms with E-state index in [1.807, 2.05) is 31.2 Å². The van der Waals surface area contributed by atoms with Crippen LogP contribution >= 0.6 is 11.6 Å². The maximum Gasteiger partial charge on any atom is 0.220 e. The fourth-order valence-corrected chi connectivity index (χ4v) is 3.00. The van der Waals surface area contributed by atoms with Crippen molar-refractivity contribution in [3.05, 3.63) is 41.2 Å². The molecule has 23 heavy (non-hydrogen) atoms. The molecule has 1 amide bonds. The number of rotatable bonds is 3. The van der Waals surface area contributed by atoms with E-state index >= 15 is 0 Å². The number of halogens is 1. The number of piperidine rings is 1. The molecule has 0 bridgehead atoms. The van der Waals surface area contributed by atoms with E-state index in [0.29, 0.717) is 0 Å². The summed E-state index contributed by atoms with van der Waals surface area (Å²) in [6.07, 6.45) is 3.11. The topological polar surface area (TPSA) is 72.1 Å². The van der Waals surface area contributed by atoms with Crippen molar-refractivity contribution in [1.82, 2.24) is 9.97 Å². The van der Waals surface area contributed by atoms with Gasteiger partial charge in [-0.15, -0.1) is 0 Å². The van der Waals surface area contributed by atoms with Crippen LogP contribution in [0.3, 0.4) is 0 Å². The van der Waals surface area contributed by atoms with Crippen LogP contribution in [-0.4, -0.2) is 29.0 Å². The zero-order valence-electron chi connectivity index (χ0n) is 13.0. The highest BCUT2D eigenvalue weighted by molar-refractivity contribution is 6.31. The number of nitrogens with two attached hydrogens (primary N) is 1. The summed E-state index contributed by atoms with van der Waals surface area (Å²) in [7, 11) is 0. The van der Waals surface area contributed by atoms with Crippen LogP contribution in [0, 0.1) is 12.8 Å². The Balaban J connectivity index is 1.80. The molecule has 0 radical (unpaired) electrons. The molecule has 0 unspecified atom stereocenters. The molecule has 6 heteroatoms. The number of aryl methyl sites for hydroxylation is 1. The normalized spacial score (nSPS) is 15.7. The monoisotopic (exact) mass is 330 g/mol. The summed E-state index contributed by atoms with van der Waals surface area (Å²) in [6.45, 7) is 3.53. The number of hydrogen-bond donors (Lipinski definition) is 1. The molecule has 5 nitrogen and oxygen atoms in total. The molecule has 1 aromatic carbocycles. The maximum absolute atomic E-state index is 11.3. The number of hydrogen-bond acceptors (Lipinski definition) is 4. The summed E-state index contributed by atoms with van der Waals surface area (Å²) in [5.74, 6) is 0.639. The zero-order chi connectivity index (χ0) is 16.4. The van der Waals surface area contributed by atoms with Crippen LogP contribution in [-0.2, 0) is 4.79 Å². The first-order valence-corrected chi connectivity index (χ1v) is 8.05. The predicted molar refractivity (Wildman–Crippen MR) is 91.3 cm³/mol. The molecular formula is C17H19ClN4O. The molecule has 0 aliphatic carbocycles. The van der Waals surface area contributed by atoms with Gasteiger partial charge in [-0.1, -0.05) is 23.7 Å². The van der Waals surface area contributed by atoms with Crippen molar-refractivity contribution in [2.45, 2.75) is 19.8 Å². The first-order valence-electron chi connectivity index (χ1n) is 7.67. The van der Waals surface area contributed by atoms with Crippen LogP contribution in [0.25, 0.3) is 11.3 Å². The average Bonchev–Trinajstić information content (AvgIpc) is 2.57. The number of amides is 1. The van der Waals surface area contributed by atoms with Gasteiger partial charge < -0.3 is 10.6 Å². The Labute approximate surface area is 140 Å². The van der Waals surface area contributed by atoms with Crippen LogP contribution in [0.2, 0.25) is 5.02 Å². The Morgan fingerprint density at radius 1 is 1.26 bits per heavy atom. The minimum Gasteiger partial charge on any atom is -0.369 e. The quantitative estimate of drug-likeness (QED) is 0.939. The van der Waals surface area contributed by atoms with Crippen molar-refractivity contribution >= 4 is 23.3 Å². The summed E-state index contributed by atoms with van der Waals surface area (Å²) in [6, 6.07) is 7.87. The Bertz CT molecular complexity index is 726. The molecule has 2 heterocycles. The standard InChI is InChI=1S/C17H19ClN4O/c1-11-2-3-13(8-14(11)18)15-9-16(21-10-20-15)22-6-4-12(5-7-22)17(19)23/h2-3,8-10,12H,4-7H2,1H3,(H2,19,23). The van der Waals surface area contributed by atoms with Crippen molar-refractivity contribution < 1.29 is 4.79 Å². The van der Waals surface area contributed by atoms with Crippen LogP contribution in [0.15, 0.2) is 30.6 Å². The van der Waals surface area contributed by atoms with Gasteiger partial charge >= 0.3 is 0 Å². The van der Waals surface area contributed by atoms with Gasteiger partial charge in [-0.25, -0.2) is 9.97 Å². The Morgan fingerprint density at radius 3 is 2.65 bits per heavy atom. The molecular weight excluding hydrogens is 312 g/mol. The number of carbonyl (C=O) groups excluding carboxylic acids is 1. The van der Waals surface area contributed by atoms with E-state index in [1.165, 1.54) is 0 Å². The maximum atomic E-state index is 11.3. The third-order valence-electron chi connectivity index (χ3n) is 4.34. The highest BCUT2D eigenvalue weighted by atomic mass is 35.5.